The fourth-order valence-corrected chi connectivity index (χ4v) is 2.78. The number of amides is 1. The number of allylic oxidation sites excluding steroid dienone is 1. The molecule has 1 atom stereocenters. The molecule has 1 heterocycles. The van der Waals surface area contributed by atoms with E-state index in [1.807, 2.05) is 16.8 Å². The zero-order chi connectivity index (χ0) is 16.2. The summed E-state index contributed by atoms with van der Waals surface area (Å²) in [7, 11) is 0. The lowest BCUT2D eigenvalue weighted by atomic mass is 9.99. The molecule has 116 valence electrons. The Balaban J connectivity index is 1.99. The number of halogens is 1. The van der Waals surface area contributed by atoms with E-state index >= 15 is 0 Å². The first kappa shape index (κ1) is 16.4. The van der Waals surface area contributed by atoms with Crippen LogP contribution in [0.5, 0.6) is 0 Å². The van der Waals surface area contributed by atoms with Gasteiger partial charge in [-0.1, -0.05) is 12.1 Å². The van der Waals surface area contributed by atoms with Crippen LogP contribution < -0.4 is 5.32 Å². The van der Waals surface area contributed by atoms with Gasteiger partial charge in [-0.25, -0.2) is 4.39 Å². The number of rotatable bonds is 5. The predicted molar refractivity (Wildman–Crippen MR) is 87.0 cm³/mol. The molecule has 5 heteroatoms. The van der Waals surface area contributed by atoms with E-state index in [4.69, 9.17) is 0 Å². The van der Waals surface area contributed by atoms with Crippen molar-refractivity contribution in [2.45, 2.75) is 19.4 Å². The molecule has 0 aliphatic carbocycles. The molecule has 3 nitrogen and oxygen atoms in total. The van der Waals surface area contributed by atoms with Gasteiger partial charge in [0.25, 0.3) is 0 Å². The third-order valence-corrected chi connectivity index (χ3v) is 4.06. The van der Waals surface area contributed by atoms with E-state index in [-0.39, 0.29) is 18.3 Å². The average molecular weight is 319 g/mol. The van der Waals surface area contributed by atoms with Crippen LogP contribution in [0.4, 0.5) is 4.39 Å². The van der Waals surface area contributed by atoms with Gasteiger partial charge >= 0.3 is 0 Å². The lowest BCUT2D eigenvalue weighted by Gasteiger charge is -2.22. The molecule has 0 saturated carbocycles. The number of hydrogen-bond acceptors (Lipinski definition) is 3. The van der Waals surface area contributed by atoms with Gasteiger partial charge < -0.3 is 10.4 Å². The first-order chi connectivity index (χ1) is 10.4. The molecule has 22 heavy (non-hydrogen) atoms. The summed E-state index contributed by atoms with van der Waals surface area (Å²) in [6, 6.07) is 7.89. The molecule has 1 amide bonds. The van der Waals surface area contributed by atoms with Gasteiger partial charge in [-0.3, -0.25) is 4.79 Å². The van der Waals surface area contributed by atoms with Crippen molar-refractivity contribution in [3.05, 3.63) is 64.1 Å². The van der Waals surface area contributed by atoms with Crippen LogP contribution in [0.2, 0.25) is 0 Å². The summed E-state index contributed by atoms with van der Waals surface area (Å²) in [4.78, 5) is 11.9. The highest BCUT2D eigenvalue weighted by atomic mass is 32.1. The number of aliphatic hydroxyl groups is 1. The molecule has 1 aromatic heterocycles. The highest BCUT2D eigenvalue weighted by molar-refractivity contribution is 7.08. The van der Waals surface area contributed by atoms with Crippen LogP contribution in [0.1, 0.15) is 25.0 Å². The molecule has 1 aromatic carbocycles. The van der Waals surface area contributed by atoms with Crippen LogP contribution >= 0.6 is 11.3 Å². The Bertz CT molecular complexity index is 678. The van der Waals surface area contributed by atoms with Gasteiger partial charge in [0.05, 0.1) is 6.54 Å². The van der Waals surface area contributed by atoms with Crippen molar-refractivity contribution in [2.24, 2.45) is 0 Å². The largest absolute Gasteiger partial charge is 0.384 e. The maximum atomic E-state index is 13.2. The Labute approximate surface area is 133 Å². The number of carbonyl (C=O) groups is 1. The second-order valence-electron chi connectivity index (χ2n) is 5.34. The Morgan fingerprint density at radius 3 is 2.86 bits per heavy atom. The molecule has 1 unspecified atom stereocenters. The zero-order valence-corrected chi connectivity index (χ0v) is 13.3. The lowest BCUT2D eigenvalue weighted by Crippen LogP contribution is -2.37. The fraction of sp³-hybridized carbons (Fsp3) is 0.235. The predicted octanol–water partition coefficient (Wildman–Crippen LogP) is 3.31. The standard InChI is InChI=1S/C17H18FNO2S/c1-12(13-4-3-5-15(18)9-13)8-16(20)19-11-17(2,21)14-6-7-22-10-14/h3-10,21H,11H2,1-2H3,(H,19,20). The first-order valence-corrected chi connectivity index (χ1v) is 7.80. The highest BCUT2D eigenvalue weighted by Crippen LogP contribution is 2.22. The minimum atomic E-state index is -1.11. The summed E-state index contributed by atoms with van der Waals surface area (Å²) in [6.45, 7) is 3.50. The summed E-state index contributed by atoms with van der Waals surface area (Å²) < 4.78 is 13.2. The van der Waals surface area contributed by atoms with Crippen LogP contribution in [0.25, 0.3) is 5.57 Å². The maximum absolute atomic E-state index is 13.2. The number of benzene rings is 1. The van der Waals surface area contributed by atoms with Crippen LogP contribution in [-0.4, -0.2) is 17.6 Å². The van der Waals surface area contributed by atoms with E-state index < -0.39 is 5.60 Å². The molecule has 0 saturated heterocycles. The molecule has 2 N–H and O–H groups in total. The highest BCUT2D eigenvalue weighted by Gasteiger charge is 2.23. The quantitative estimate of drug-likeness (QED) is 0.831. The Hall–Kier alpha value is -1.98. The van der Waals surface area contributed by atoms with Crippen molar-refractivity contribution in [3.63, 3.8) is 0 Å². The van der Waals surface area contributed by atoms with Crippen LogP contribution in [0.3, 0.4) is 0 Å². The molecular formula is C17H18FNO2S. The third kappa shape index (κ3) is 4.26. The van der Waals surface area contributed by atoms with E-state index in [2.05, 4.69) is 5.32 Å². The molecule has 0 spiro atoms. The van der Waals surface area contributed by atoms with Gasteiger partial charge in [0.15, 0.2) is 0 Å². The van der Waals surface area contributed by atoms with Crippen molar-refractivity contribution >= 4 is 22.8 Å². The lowest BCUT2D eigenvalue weighted by molar-refractivity contribution is -0.117. The smallest absolute Gasteiger partial charge is 0.244 e. The Morgan fingerprint density at radius 1 is 1.45 bits per heavy atom. The Morgan fingerprint density at radius 2 is 2.23 bits per heavy atom. The second kappa shape index (κ2) is 6.85. The summed E-state index contributed by atoms with van der Waals surface area (Å²) >= 11 is 1.49. The fourth-order valence-electron chi connectivity index (χ4n) is 2.00. The molecule has 2 rings (SSSR count). The molecule has 0 fully saturated rings. The number of thiophene rings is 1. The van der Waals surface area contributed by atoms with E-state index in [1.165, 1.54) is 29.5 Å². The topological polar surface area (TPSA) is 49.3 Å². The number of hydrogen-bond donors (Lipinski definition) is 2. The summed E-state index contributed by atoms with van der Waals surface area (Å²) in [5, 5.41) is 16.7. The van der Waals surface area contributed by atoms with Gasteiger partial charge in [-0.15, -0.1) is 0 Å². The van der Waals surface area contributed by atoms with Crippen molar-refractivity contribution < 1.29 is 14.3 Å². The molecule has 2 aromatic rings. The SMILES string of the molecule is CC(=CC(=O)NCC(C)(O)c1ccsc1)c1cccc(F)c1. The van der Waals surface area contributed by atoms with E-state index in [9.17, 15) is 14.3 Å². The molecule has 0 bridgehead atoms. The van der Waals surface area contributed by atoms with Crippen molar-refractivity contribution in [2.75, 3.05) is 6.54 Å². The van der Waals surface area contributed by atoms with Gasteiger partial charge in [-0.2, -0.15) is 11.3 Å². The van der Waals surface area contributed by atoms with Gasteiger partial charge in [-0.05, 0) is 59.5 Å². The minimum Gasteiger partial charge on any atom is -0.384 e. The van der Waals surface area contributed by atoms with E-state index in [0.29, 0.717) is 11.1 Å². The summed E-state index contributed by atoms with van der Waals surface area (Å²) in [5.74, 6) is -0.664. The Kier molecular flexibility index (Phi) is 5.11. The molecule has 0 aliphatic rings. The second-order valence-corrected chi connectivity index (χ2v) is 6.12. The minimum absolute atomic E-state index is 0.107. The van der Waals surface area contributed by atoms with Crippen molar-refractivity contribution in [3.8, 4) is 0 Å². The number of nitrogens with one attached hydrogen (secondary N) is 1. The normalized spacial score (nSPS) is 14.5. The summed E-state index contributed by atoms with van der Waals surface area (Å²) in [5.41, 5.74) is 0.964. The van der Waals surface area contributed by atoms with Crippen LogP contribution in [-0.2, 0) is 10.4 Å². The summed E-state index contributed by atoms with van der Waals surface area (Å²) in [6.07, 6.45) is 1.40. The monoisotopic (exact) mass is 319 g/mol. The van der Waals surface area contributed by atoms with Crippen LogP contribution in [0.15, 0.2) is 47.2 Å². The van der Waals surface area contributed by atoms with Gasteiger partial charge in [0.2, 0.25) is 5.91 Å². The van der Waals surface area contributed by atoms with Gasteiger partial charge in [0.1, 0.15) is 11.4 Å². The van der Waals surface area contributed by atoms with E-state index in [0.717, 1.165) is 5.56 Å². The third-order valence-electron chi connectivity index (χ3n) is 3.38. The molecular weight excluding hydrogens is 301 g/mol. The number of carbonyl (C=O) groups excluding carboxylic acids is 1. The first-order valence-electron chi connectivity index (χ1n) is 6.85. The molecule has 0 aliphatic heterocycles. The zero-order valence-electron chi connectivity index (χ0n) is 12.5. The maximum Gasteiger partial charge on any atom is 0.244 e. The average Bonchev–Trinajstić information content (AvgIpc) is 3.00. The van der Waals surface area contributed by atoms with Crippen molar-refractivity contribution in [1.29, 1.82) is 0 Å². The van der Waals surface area contributed by atoms with E-state index in [1.54, 1.807) is 26.0 Å². The van der Waals surface area contributed by atoms with Gasteiger partial charge in [0, 0.05) is 6.08 Å². The van der Waals surface area contributed by atoms with Crippen molar-refractivity contribution in [1.82, 2.24) is 5.32 Å². The molecule has 0 radical (unpaired) electrons. The van der Waals surface area contributed by atoms with Crippen LogP contribution in [0, 0.1) is 5.82 Å².